The van der Waals surface area contributed by atoms with E-state index >= 15 is 0 Å². The molecule has 0 atom stereocenters. The fourth-order valence-electron chi connectivity index (χ4n) is 2.96. The number of carbonyl (C=O) groups excluding carboxylic acids is 1. The van der Waals surface area contributed by atoms with Gasteiger partial charge in [0.05, 0.1) is 5.56 Å². The van der Waals surface area contributed by atoms with Crippen LogP contribution in [-0.2, 0) is 0 Å². The molecular weight excluding hydrogens is 438 g/mol. The van der Waals surface area contributed by atoms with Crippen molar-refractivity contribution < 1.29 is 15.0 Å². The number of carbonyl (C=O) groups is 1. The van der Waals surface area contributed by atoms with Gasteiger partial charge in [0.2, 0.25) is 0 Å². The van der Waals surface area contributed by atoms with Gasteiger partial charge in [-0.1, -0.05) is 96.1 Å². The summed E-state index contributed by atoms with van der Waals surface area (Å²) in [6, 6.07) is 24.3. The molecule has 0 aromatic heterocycles. The average molecular weight is 474 g/mol. The van der Waals surface area contributed by atoms with E-state index < -0.39 is 5.91 Å². The number of phenols is 2. The molecule has 3 N–H and O–H groups in total. The first-order valence-electron chi connectivity index (χ1n) is 11.9. The number of para-hydroxylation sites is 2. The number of azo groups is 1. The summed E-state index contributed by atoms with van der Waals surface area (Å²) in [5, 5.41) is 33.0. The second-order valence-electron chi connectivity index (χ2n) is 6.35. The van der Waals surface area contributed by atoms with Crippen LogP contribution in [0.5, 0.6) is 11.5 Å². The Morgan fingerprint density at radius 3 is 1.94 bits per heavy atom. The van der Waals surface area contributed by atoms with Crippen LogP contribution in [0.25, 0.3) is 10.8 Å². The summed E-state index contributed by atoms with van der Waals surface area (Å²) in [6.45, 7) is 12.0. The normalized spacial score (nSPS) is 9.66. The van der Waals surface area contributed by atoms with Gasteiger partial charge in [0, 0.05) is 11.1 Å². The number of rotatable bonds is 4. The van der Waals surface area contributed by atoms with Crippen LogP contribution in [0, 0.1) is 0 Å². The zero-order chi connectivity index (χ0) is 26.2. The van der Waals surface area contributed by atoms with E-state index in [-0.39, 0.29) is 28.4 Å². The molecule has 0 saturated heterocycles. The van der Waals surface area contributed by atoms with E-state index in [0.29, 0.717) is 11.1 Å². The van der Waals surface area contributed by atoms with Gasteiger partial charge in [-0.05, 0) is 35.7 Å². The highest BCUT2D eigenvalue weighted by molar-refractivity contribution is 6.11. The van der Waals surface area contributed by atoms with Gasteiger partial charge in [-0.3, -0.25) is 4.79 Å². The first-order chi connectivity index (χ1) is 17.1. The Balaban J connectivity index is 0.000000949. The molecule has 184 valence electrons. The van der Waals surface area contributed by atoms with Crippen molar-refractivity contribution in [2.24, 2.45) is 10.2 Å². The minimum absolute atomic E-state index is 0.0296. The van der Waals surface area contributed by atoms with Gasteiger partial charge in [0.15, 0.2) is 5.75 Å². The molecule has 0 aliphatic heterocycles. The third-order valence-corrected chi connectivity index (χ3v) is 4.41. The highest BCUT2D eigenvalue weighted by atomic mass is 16.3. The summed E-state index contributed by atoms with van der Waals surface area (Å²) >= 11 is 0. The zero-order valence-electron chi connectivity index (χ0n) is 21.3. The fourth-order valence-corrected chi connectivity index (χ4v) is 2.96. The van der Waals surface area contributed by atoms with E-state index in [1.807, 2.05) is 77.9 Å². The molecule has 0 aliphatic carbocycles. The summed E-state index contributed by atoms with van der Waals surface area (Å²) in [7, 11) is 0. The van der Waals surface area contributed by atoms with Crippen LogP contribution in [0.1, 0.15) is 51.9 Å². The molecule has 0 bridgehead atoms. The molecule has 0 unspecified atom stereocenters. The maximum atomic E-state index is 12.8. The number of nitrogens with zero attached hydrogens (tertiary/aromatic N) is 2. The van der Waals surface area contributed by atoms with Crippen molar-refractivity contribution >= 4 is 33.7 Å². The quantitative estimate of drug-likeness (QED) is 0.258. The van der Waals surface area contributed by atoms with E-state index in [1.54, 1.807) is 42.5 Å². The van der Waals surface area contributed by atoms with Gasteiger partial charge in [-0.25, -0.2) is 0 Å². The van der Waals surface area contributed by atoms with Crippen LogP contribution in [0.3, 0.4) is 0 Å². The SMILES string of the molecule is CC.CC.CC.O=C(Nc1ccccc1)c1cc2ccccc2c(N=Nc2ccccc2O)c1O. The predicted molar refractivity (Wildman–Crippen MR) is 146 cm³/mol. The Morgan fingerprint density at radius 2 is 1.29 bits per heavy atom. The standard InChI is InChI=1S/C23H17N3O3.3C2H6/c27-20-13-7-6-12-19(20)25-26-21-17-11-5-4-8-15(17)14-18(22(21)28)23(29)24-16-9-2-1-3-10-16;3*1-2/h1-14,27-28H,(H,24,29);3*1-2H3. The number of fused-ring (bicyclic) bond motifs is 1. The second-order valence-corrected chi connectivity index (χ2v) is 6.35. The first kappa shape index (κ1) is 28.8. The van der Waals surface area contributed by atoms with Crippen molar-refractivity contribution in [3.63, 3.8) is 0 Å². The molecule has 6 nitrogen and oxygen atoms in total. The Kier molecular flexibility index (Phi) is 12.9. The van der Waals surface area contributed by atoms with Crippen LogP contribution in [-0.4, -0.2) is 16.1 Å². The van der Waals surface area contributed by atoms with Gasteiger partial charge in [0.1, 0.15) is 17.1 Å². The maximum absolute atomic E-state index is 12.8. The predicted octanol–water partition coefficient (Wildman–Crippen LogP) is 9.00. The minimum Gasteiger partial charge on any atom is -0.506 e. The molecule has 0 aliphatic rings. The van der Waals surface area contributed by atoms with Crippen molar-refractivity contribution in [2.45, 2.75) is 41.5 Å². The molecule has 0 heterocycles. The van der Waals surface area contributed by atoms with E-state index in [0.717, 1.165) is 5.39 Å². The topological polar surface area (TPSA) is 94.3 Å². The van der Waals surface area contributed by atoms with Crippen molar-refractivity contribution in [3.8, 4) is 11.5 Å². The van der Waals surface area contributed by atoms with Gasteiger partial charge in [-0.2, -0.15) is 0 Å². The Labute approximate surface area is 208 Å². The number of anilines is 1. The molecule has 0 fully saturated rings. The molecule has 1 amide bonds. The fraction of sp³-hybridized carbons (Fsp3) is 0.207. The third kappa shape index (κ3) is 7.67. The Bertz CT molecular complexity index is 1220. The van der Waals surface area contributed by atoms with Crippen molar-refractivity contribution in [1.82, 2.24) is 0 Å². The van der Waals surface area contributed by atoms with Crippen LogP contribution >= 0.6 is 0 Å². The summed E-state index contributed by atoms with van der Waals surface area (Å²) in [6.07, 6.45) is 0. The van der Waals surface area contributed by atoms with Crippen LogP contribution in [0.2, 0.25) is 0 Å². The number of phenolic OH excluding ortho intramolecular Hbond substituents is 2. The number of hydrogen-bond donors (Lipinski definition) is 3. The smallest absolute Gasteiger partial charge is 0.259 e. The zero-order valence-corrected chi connectivity index (χ0v) is 21.3. The van der Waals surface area contributed by atoms with E-state index in [9.17, 15) is 15.0 Å². The van der Waals surface area contributed by atoms with Crippen molar-refractivity contribution in [3.05, 3.63) is 90.5 Å². The number of nitrogens with one attached hydrogen (secondary N) is 1. The lowest BCUT2D eigenvalue weighted by Crippen LogP contribution is -2.12. The highest BCUT2D eigenvalue weighted by Gasteiger charge is 2.18. The second kappa shape index (κ2) is 15.6. The third-order valence-electron chi connectivity index (χ3n) is 4.41. The van der Waals surface area contributed by atoms with Crippen LogP contribution < -0.4 is 5.32 Å². The molecule has 4 aromatic carbocycles. The minimum atomic E-state index is -0.460. The first-order valence-corrected chi connectivity index (χ1v) is 11.9. The molecule has 4 rings (SSSR count). The summed E-state index contributed by atoms with van der Waals surface area (Å²) in [5.74, 6) is -0.771. The van der Waals surface area contributed by atoms with E-state index in [2.05, 4.69) is 15.5 Å². The Hall–Kier alpha value is -4.19. The highest BCUT2D eigenvalue weighted by Crippen LogP contribution is 2.40. The van der Waals surface area contributed by atoms with Crippen LogP contribution in [0.15, 0.2) is 95.2 Å². The Morgan fingerprint density at radius 1 is 0.714 bits per heavy atom. The molecule has 4 aromatic rings. The number of hydrogen-bond acceptors (Lipinski definition) is 5. The lowest BCUT2D eigenvalue weighted by Gasteiger charge is -2.11. The molecule has 35 heavy (non-hydrogen) atoms. The average Bonchev–Trinajstić information content (AvgIpc) is 2.92. The number of amides is 1. The summed E-state index contributed by atoms with van der Waals surface area (Å²) in [5.41, 5.74) is 1.11. The van der Waals surface area contributed by atoms with Gasteiger partial charge in [0.25, 0.3) is 5.91 Å². The van der Waals surface area contributed by atoms with E-state index in [4.69, 9.17) is 0 Å². The van der Waals surface area contributed by atoms with Crippen LogP contribution in [0.4, 0.5) is 17.1 Å². The molecule has 0 spiro atoms. The van der Waals surface area contributed by atoms with E-state index in [1.165, 1.54) is 6.07 Å². The summed E-state index contributed by atoms with van der Waals surface area (Å²) in [4.78, 5) is 12.8. The molecular formula is C29H35N3O3. The maximum Gasteiger partial charge on any atom is 0.259 e. The summed E-state index contributed by atoms with van der Waals surface area (Å²) < 4.78 is 0. The largest absolute Gasteiger partial charge is 0.506 e. The number of benzene rings is 4. The number of aromatic hydroxyl groups is 2. The van der Waals surface area contributed by atoms with Crippen molar-refractivity contribution in [2.75, 3.05) is 5.32 Å². The van der Waals surface area contributed by atoms with Gasteiger partial charge >= 0.3 is 0 Å². The lowest BCUT2D eigenvalue weighted by molar-refractivity contribution is 0.102. The lowest BCUT2D eigenvalue weighted by atomic mass is 10.0. The van der Waals surface area contributed by atoms with Crippen molar-refractivity contribution in [1.29, 1.82) is 0 Å². The molecule has 0 saturated carbocycles. The molecule has 0 radical (unpaired) electrons. The van der Waals surface area contributed by atoms with Gasteiger partial charge in [-0.15, -0.1) is 10.2 Å². The monoisotopic (exact) mass is 473 g/mol. The molecule has 6 heteroatoms. The van der Waals surface area contributed by atoms with Gasteiger partial charge < -0.3 is 15.5 Å².